The Bertz CT molecular complexity index is 817. The van der Waals surface area contributed by atoms with Crippen LogP contribution in [0.2, 0.25) is 18.1 Å². The maximum atomic E-state index is 13.0. The van der Waals surface area contributed by atoms with E-state index in [1.807, 2.05) is 12.1 Å². The topological polar surface area (TPSA) is 54.0 Å². The summed E-state index contributed by atoms with van der Waals surface area (Å²) in [6.07, 6.45) is 0.277. The number of carbonyl (C=O) groups excluding carboxylic acids is 1. The van der Waals surface area contributed by atoms with Gasteiger partial charge in [-0.3, -0.25) is 4.79 Å². The van der Waals surface area contributed by atoms with E-state index in [4.69, 9.17) is 18.6 Å². The highest BCUT2D eigenvalue weighted by atomic mass is 28.4. The van der Waals surface area contributed by atoms with Crippen LogP contribution in [-0.2, 0) is 25.1 Å². The Morgan fingerprint density at radius 1 is 1.07 bits per heavy atom. The number of hydrogen-bond acceptors (Lipinski definition) is 5. The summed E-state index contributed by atoms with van der Waals surface area (Å²) < 4.78 is 23.6. The van der Waals surface area contributed by atoms with Crippen molar-refractivity contribution in [1.29, 1.82) is 0 Å². The fraction of sp³-hybridized carbons (Fsp3) is 0.609. The summed E-state index contributed by atoms with van der Waals surface area (Å²) >= 11 is 0. The van der Waals surface area contributed by atoms with Gasteiger partial charge in [0.05, 0.1) is 18.8 Å². The fourth-order valence-electron chi connectivity index (χ4n) is 4.21. The molecule has 1 aromatic carbocycles. The van der Waals surface area contributed by atoms with Crippen molar-refractivity contribution in [1.82, 2.24) is 0 Å². The molecule has 29 heavy (non-hydrogen) atoms. The summed E-state index contributed by atoms with van der Waals surface area (Å²) in [5.74, 6) is 1.04. The van der Waals surface area contributed by atoms with E-state index >= 15 is 0 Å². The molecule has 2 atom stereocenters. The standard InChI is InChI=1S/C23H34O5Si/c1-23(2,3)29(7,8)28-21-15-10-9-11-18(25-4)16(15)12-14-13-17(24)20(19(14)21)22(26-5)27-6/h9-11,14,21-22H,12-13H2,1-8H3/t14-,21+/m0/s1. The number of fused-ring (bicyclic) bond motifs is 2. The van der Waals surface area contributed by atoms with Gasteiger partial charge in [-0.15, -0.1) is 0 Å². The lowest BCUT2D eigenvalue weighted by molar-refractivity contribution is -0.122. The first-order chi connectivity index (χ1) is 13.6. The molecule has 6 heteroatoms. The van der Waals surface area contributed by atoms with Crippen LogP contribution in [0.4, 0.5) is 0 Å². The van der Waals surface area contributed by atoms with Gasteiger partial charge >= 0.3 is 0 Å². The quantitative estimate of drug-likeness (QED) is 0.490. The van der Waals surface area contributed by atoms with Crippen LogP contribution in [-0.4, -0.2) is 41.7 Å². The number of hydrogen-bond donors (Lipinski definition) is 0. The van der Waals surface area contributed by atoms with E-state index in [1.165, 1.54) is 0 Å². The van der Waals surface area contributed by atoms with Crippen LogP contribution in [0.3, 0.4) is 0 Å². The van der Waals surface area contributed by atoms with Gasteiger partial charge in [-0.05, 0) is 47.7 Å². The summed E-state index contributed by atoms with van der Waals surface area (Å²) in [5.41, 5.74) is 3.91. The molecule has 0 spiro atoms. The average Bonchev–Trinajstić information content (AvgIpc) is 2.97. The van der Waals surface area contributed by atoms with Crippen molar-refractivity contribution >= 4 is 14.1 Å². The molecule has 2 aliphatic carbocycles. The average molecular weight is 419 g/mol. The molecular weight excluding hydrogens is 384 g/mol. The summed E-state index contributed by atoms with van der Waals surface area (Å²) in [5, 5.41) is 0.0459. The van der Waals surface area contributed by atoms with Gasteiger partial charge in [0, 0.05) is 26.2 Å². The van der Waals surface area contributed by atoms with Crippen molar-refractivity contribution < 1.29 is 23.4 Å². The van der Waals surface area contributed by atoms with Gasteiger partial charge in [0.25, 0.3) is 0 Å². The van der Waals surface area contributed by atoms with E-state index in [2.05, 4.69) is 39.9 Å². The zero-order chi connectivity index (χ0) is 21.6. The van der Waals surface area contributed by atoms with Gasteiger partial charge in [-0.2, -0.15) is 0 Å². The summed E-state index contributed by atoms with van der Waals surface area (Å²) in [4.78, 5) is 13.0. The molecule has 0 radical (unpaired) electrons. The van der Waals surface area contributed by atoms with Crippen LogP contribution >= 0.6 is 0 Å². The second-order valence-electron chi connectivity index (χ2n) is 9.49. The molecule has 0 N–H and O–H groups in total. The molecule has 0 saturated heterocycles. The zero-order valence-electron chi connectivity index (χ0n) is 18.9. The molecule has 0 unspecified atom stereocenters. The Kier molecular flexibility index (Phi) is 6.12. The minimum atomic E-state index is -2.12. The first-order valence-electron chi connectivity index (χ1n) is 10.2. The van der Waals surface area contributed by atoms with Crippen LogP contribution in [0.1, 0.15) is 44.4 Å². The van der Waals surface area contributed by atoms with E-state index in [9.17, 15) is 4.79 Å². The van der Waals surface area contributed by atoms with Crippen molar-refractivity contribution in [2.45, 2.75) is 64.1 Å². The number of ketones is 1. The van der Waals surface area contributed by atoms with Crippen molar-refractivity contribution in [3.05, 3.63) is 40.5 Å². The molecular formula is C23H34O5Si. The number of carbonyl (C=O) groups is 1. The number of methoxy groups -OCH3 is 3. The number of Topliss-reactive ketones (excluding diaryl/α,β-unsaturated/α-hetero) is 1. The van der Waals surface area contributed by atoms with E-state index in [0.29, 0.717) is 12.0 Å². The highest BCUT2D eigenvalue weighted by molar-refractivity contribution is 6.74. The van der Waals surface area contributed by atoms with Gasteiger partial charge in [0.15, 0.2) is 20.4 Å². The third-order valence-corrected chi connectivity index (χ3v) is 11.2. The molecule has 0 aromatic heterocycles. The molecule has 0 bridgehead atoms. The van der Waals surface area contributed by atoms with Crippen LogP contribution < -0.4 is 4.74 Å². The largest absolute Gasteiger partial charge is 0.496 e. The molecule has 0 saturated carbocycles. The highest BCUT2D eigenvalue weighted by Crippen LogP contribution is 2.52. The summed E-state index contributed by atoms with van der Waals surface area (Å²) in [6.45, 7) is 11.2. The molecule has 3 rings (SSSR count). The first kappa shape index (κ1) is 22.2. The monoisotopic (exact) mass is 418 g/mol. The van der Waals surface area contributed by atoms with Gasteiger partial charge in [-0.1, -0.05) is 32.9 Å². The second-order valence-corrected chi connectivity index (χ2v) is 14.2. The lowest BCUT2D eigenvalue weighted by Crippen LogP contribution is -2.43. The SMILES string of the molecule is COc1cccc2c1C[C@H]1CC(=O)C(C(OC)OC)=C1[C@@H]2O[Si](C)(C)C(C)(C)C. The van der Waals surface area contributed by atoms with E-state index in [1.54, 1.807) is 21.3 Å². The molecule has 0 amide bonds. The molecule has 5 nitrogen and oxygen atoms in total. The zero-order valence-corrected chi connectivity index (χ0v) is 19.9. The number of ether oxygens (including phenoxy) is 3. The van der Waals surface area contributed by atoms with Crippen LogP contribution in [0, 0.1) is 5.92 Å². The van der Waals surface area contributed by atoms with Gasteiger partial charge < -0.3 is 18.6 Å². The Balaban J connectivity index is 2.22. The van der Waals surface area contributed by atoms with E-state index < -0.39 is 14.6 Å². The molecule has 160 valence electrons. The summed E-state index contributed by atoms with van der Waals surface area (Å²) in [6, 6.07) is 6.09. The maximum Gasteiger partial charge on any atom is 0.193 e. The lowest BCUT2D eigenvalue weighted by Gasteiger charge is -2.43. The van der Waals surface area contributed by atoms with Crippen LogP contribution in [0.15, 0.2) is 29.3 Å². The Morgan fingerprint density at radius 2 is 1.72 bits per heavy atom. The van der Waals surface area contributed by atoms with Crippen molar-refractivity contribution in [2.24, 2.45) is 5.92 Å². The fourth-order valence-corrected chi connectivity index (χ4v) is 5.41. The Morgan fingerprint density at radius 3 is 2.28 bits per heavy atom. The first-order valence-corrected chi connectivity index (χ1v) is 13.1. The maximum absolute atomic E-state index is 13.0. The van der Waals surface area contributed by atoms with Crippen LogP contribution in [0.25, 0.3) is 0 Å². The molecule has 2 aliphatic rings. The minimum absolute atomic E-state index is 0.0459. The molecule has 0 fully saturated rings. The number of rotatable bonds is 6. The van der Waals surface area contributed by atoms with E-state index in [0.717, 1.165) is 28.9 Å². The van der Waals surface area contributed by atoms with Crippen molar-refractivity contribution in [3.63, 3.8) is 0 Å². The predicted molar refractivity (Wildman–Crippen MR) is 116 cm³/mol. The normalized spacial score (nSPS) is 22.2. The predicted octanol–water partition coefficient (Wildman–Crippen LogP) is 4.82. The number of benzene rings is 1. The van der Waals surface area contributed by atoms with Gasteiger partial charge in [0.1, 0.15) is 5.75 Å². The van der Waals surface area contributed by atoms with Crippen molar-refractivity contribution in [3.8, 4) is 5.75 Å². The third-order valence-electron chi connectivity index (χ3n) is 6.77. The third kappa shape index (κ3) is 3.83. The molecule has 1 aromatic rings. The Hall–Kier alpha value is -1.47. The van der Waals surface area contributed by atoms with Crippen molar-refractivity contribution in [2.75, 3.05) is 21.3 Å². The van der Waals surface area contributed by atoms with Gasteiger partial charge in [-0.25, -0.2) is 0 Å². The molecule has 0 aliphatic heterocycles. The van der Waals surface area contributed by atoms with Crippen LogP contribution in [0.5, 0.6) is 5.75 Å². The lowest BCUT2D eigenvalue weighted by atomic mass is 9.78. The minimum Gasteiger partial charge on any atom is -0.496 e. The van der Waals surface area contributed by atoms with E-state index in [-0.39, 0.29) is 22.8 Å². The summed E-state index contributed by atoms with van der Waals surface area (Å²) in [7, 11) is 2.72. The van der Waals surface area contributed by atoms with Gasteiger partial charge in [0.2, 0.25) is 0 Å². The second kappa shape index (κ2) is 7.98. The molecule has 0 heterocycles. The smallest absolute Gasteiger partial charge is 0.193 e. The highest BCUT2D eigenvalue weighted by Gasteiger charge is 2.48. The Labute approximate surface area is 175 Å².